The molecule has 4 rings (SSSR count). The molecule has 1 aliphatic carbocycles. The van der Waals surface area contributed by atoms with Gasteiger partial charge in [-0.15, -0.1) is 0 Å². The lowest BCUT2D eigenvalue weighted by Crippen LogP contribution is -2.34. The standard InChI is InChI=1S/C22H24FN3O/c23-18-8-4-7-17(13-18)21-14-20(15-9-11-19(24)12-10-15)25-26(21)22(27)16-5-2-1-3-6-16/h4,7-13,16,21H,1-3,5-6,14,24H2. The lowest BCUT2D eigenvalue weighted by atomic mass is 9.88. The molecule has 0 saturated heterocycles. The summed E-state index contributed by atoms with van der Waals surface area (Å²) < 4.78 is 13.8. The molecule has 2 aromatic rings. The van der Waals surface area contributed by atoms with Gasteiger partial charge in [0.1, 0.15) is 5.82 Å². The number of hydrazone groups is 1. The Kier molecular flexibility index (Phi) is 4.92. The van der Waals surface area contributed by atoms with E-state index >= 15 is 0 Å². The zero-order valence-corrected chi connectivity index (χ0v) is 15.3. The number of anilines is 1. The lowest BCUT2D eigenvalue weighted by Gasteiger charge is -2.28. The zero-order valence-electron chi connectivity index (χ0n) is 15.3. The molecular weight excluding hydrogens is 341 g/mol. The Morgan fingerprint density at radius 2 is 1.81 bits per heavy atom. The molecule has 1 atom stereocenters. The molecule has 0 bridgehead atoms. The molecule has 1 aliphatic heterocycles. The predicted octanol–water partition coefficient (Wildman–Crippen LogP) is 4.67. The van der Waals surface area contributed by atoms with Gasteiger partial charge in [-0.3, -0.25) is 4.79 Å². The Labute approximate surface area is 158 Å². The summed E-state index contributed by atoms with van der Waals surface area (Å²) in [6.07, 6.45) is 5.77. The summed E-state index contributed by atoms with van der Waals surface area (Å²) in [5, 5.41) is 6.30. The predicted molar refractivity (Wildman–Crippen MR) is 105 cm³/mol. The maximum absolute atomic E-state index is 13.8. The monoisotopic (exact) mass is 365 g/mol. The molecule has 1 unspecified atom stereocenters. The lowest BCUT2D eigenvalue weighted by molar-refractivity contribution is -0.138. The molecule has 27 heavy (non-hydrogen) atoms. The molecule has 1 saturated carbocycles. The highest BCUT2D eigenvalue weighted by molar-refractivity contribution is 6.03. The third-order valence-electron chi connectivity index (χ3n) is 5.57. The van der Waals surface area contributed by atoms with Crippen LogP contribution in [0.3, 0.4) is 0 Å². The van der Waals surface area contributed by atoms with Crippen LogP contribution in [0, 0.1) is 11.7 Å². The summed E-state index contributed by atoms with van der Waals surface area (Å²) in [4.78, 5) is 13.2. The molecule has 4 nitrogen and oxygen atoms in total. The number of halogens is 1. The Hall–Kier alpha value is -2.69. The highest BCUT2D eigenvalue weighted by Gasteiger charge is 2.36. The summed E-state index contributed by atoms with van der Waals surface area (Å²) in [7, 11) is 0. The normalized spacial score (nSPS) is 20.6. The molecule has 5 heteroatoms. The van der Waals surface area contributed by atoms with Crippen LogP contribution in [-0.4, -0.2) is 16.6 Å². The van der Waals surface area contributed by atoms with Crippen molar-refractivity contribution in [3.8, 4) is 0 Å². The summed E-state index contributed by atoms with van der Waals surface area (Å²) in [5.74, 6) is -0.211. The number of nitrogens with zero attached hydrogens (tertiary/aromatic N) is 2. The quantitative estimate of drug-likeness (QED) is 0.804. The molecule has 0 spiro atoms. The van der Waals surface area contributed by atoms with Crippen molar-refractivity contribution in [3.05, 3.63) is 65.5 Å². The van der Waals surface area contributed by atoms with Crippen molar-refractivity contribution in [1.82, 2.24) is 5.01 Å². The number of rotatable bonds is 3. The Morgan fingerprint density at radius 3 is 2.52 bits per heavy atom. The minimum Gasteiger partial charge on any atom is -0.399 e. The van der Waals surface area contributed by atoms with Crippen LogP contribution in [0.4, 0.5) is 10.1 Å². The fourth-order valence-corrected chi connectivity index (χ4v) is 4.07. The van der Waals surface area contributed by atoms with Crippen LogP contribution in [0.25, 0.3) is 0 Å². The Balaban J connectivity index is 1.67. The van der Waals surface area contributed by atoms with Gasteiger partial charge >= 0.3 is 0 Å². The van der Waals surface area contributed by atoms with E-state index in [0.717, 1.165) is 42.5 Å². The SMILES string of the molecule is Nc1ccc(C2=NN(C(=O)C3CCCCC3)C(c3cccc(F)c3)C2)cc1. The van der Waals surface area contributed by atoms with Crippen molar-refractivity contribution in [2.24, 2.45) is 11.0 Å². The molecule has 1 heterocycles. The molecule has 2 aromatic carbocycles. The van der Waals surface area contributed by atoms with Crippen molar-refractivity contribution in [2.45, 2.75) is 44.6 Å². The first kappa shape index (κ1) is 17.7. The van der Waals surface area contributed by atoms with E-state index in [1.807, 2.05) is 30.3 Å². The van der Waals surface area contributed by atoms with Crippen molar-refractivity contribution < 1.29 is 9.18 Å². The fraction of sp³-hybridized carbons (Fsp3) is 0.364. The highest BCUT2D eigenvalue weighted by atomic mass is 19.1. The molecule has 1 fully saturated rings. The molecular formula is C22H24FN3O. The van der Waals surface area contributed by atoms with Crippen molar-refractivity contribution >= 4 is 17.3 Å². The van der Waals surface area contributed by atoms with E-state index in [9.17, 15) is 9.18 Å². The molecule has 140 valence electrons. The van der Waals surface area contributed by atoms with Gasteiger partial charge in [0.05, 0.1) is 11.8 Å². The first-order valence-electron chi connectivity index (χ1n) is 9.64. The maximum Gasteiger partial charge on any atom is 0.246 e. The summed E-state index contributed by atoms with van der Waals surface area (Å²) in [5.41, 5.74) is 9.05. The Morgan fingerprint density at radius 1 is 1.07 bits per heavy atom. The first-order valence-corrected chi connectivity index (χ1v) is 9.64. The Bertz CT molecular complexity index is 856. The van der Waals surface area contributed by atoms with Gasteiger partial charge in [-0.1, -0.05) is 43.5 Å². The number of hydrogen-bond donors (Lipinski definition) is 1. The van der Waals surface area contributed by atoms with E-state index in [1.54, 1.807) is 11.1 Å². The maximum atomic E-state index is 13.8. The zero-order chi connectivity index (χ0) is 18.8. The molecule has 1 amide bonds. The molecule has 2 N–H and O–H groups in total. The number of nitrogens with two attached hydrogens (primary N) is 1. The topological polar surface area (TPSA) is 58.7 Å². The van der Waals surface area contributed by atoms with Gasteiger partial charge < -0.3 is 5.73 Å². The molecule has 0 radical (unpaired) electrons. The number of hydrogen-bond acceptors (Lipinski definition) is 3. The number of amides is 1. The van der Waals surface area contributed by atoms with Gasteiger partial charge in [-0.2, -0.15) is 5.10 Å². The minimum atomic E-state index is -0.293. The smallest absolute Gasteiger partial charge is 0.246 e. The van der Waals surface area contributed by atoms with Gasteiger partial charge in [0.2, 0.25) is 5.91 Å². The van der Waals surface area contributed by atoms with Crippen LogP contribution in [0.2, 0.25) is 0 Å². The third-order valence-corrected chi connectivity index (χ3v) is 5.57. The van der Waals surface area contributed by atoms with Gasteiger partial charge in [0, 0.05) is 18.0 Å². The van der Waals surface area contributed by atoms with Crippen molar-refractivity contribution in [1.29, 1.82) is 0 Å². The third kappa shape index (κ3) is 3.72. The largest absolute Gasteiger partial charge is 0.399 e. The summed E-state index contributed by atoms with van der Waals surface area (Å²) in [6.45, 7) is 0. The van der Waals surface area contributed by atoms with E-state index in [4.69, 9.17) is 5.73 Å². The number of nitrogen functional groups attached to an aromatic ring is 1. The first-order chi connectivity index (χ1) is 13.1. The van der Waals surface area contributed by atoms with Crippen LogP contribution < -0.4 is 5.73 Å². The highest BCUT2D eigenvalue weighted by Crippen LogP contribution is 2.36. The van der Waals surface area contributed by atoms with Gasteiger partial charge in [-0.05, 0) is 48.2 Å². The van der Waals surface area contributed by atoms with Gasteiger partial charge in [0.15, 0.2) is 0 Å². The van der Waals surface area contributed by atoms with E-state index in [2.05, 4.69) is 5.10 Å². The van der Waals surface area contributed by atoms with Crippen molar-refractivity contribution in [3.63, 3.8) is 0 Å². The van der Waals surface area contributed by atoms with Crippen molar-refractivity contribution in [2.75, 3.05) is 5.73 Å². The van der Waals surface area contributed by atoms with E-state index in [-0.39, 0.29) is 23.7 Å². The number of carbonyl (C=O) groups excluding carboxylic acids is 1. The second-order valence-corrected chi connectivity index (χ2v) is 7.46. The van der Waals surface area contributed by atoms with E-state index in [1.165, 1.54) is 18.6 Å². The average molecular weight is 365 g/mol. The second kappa shape index (κ2) is 7.51. The molecule has 2 aliphatic rings. The van der Waals surface area contributed by atoms with Crippen LogP contribution in [-0.2, 0) is 4.79 Å². The fourth-order valence-electron chi connectivity index (χ4n) is 4.07. The van der Waals surface area contributed by atoms with Gasteiger partial charge in [-0.25, -0.2) is 9.40 Å². The van der Waals surface area contributed by atoms with Gasteiger partial charge in [0.25, 0.3) is 0 Å². The number of carbonyl (C=O) groups is 1. The van der Waals surface area contributed by atoms with Crippen LogP contribution in [0.1, 0.15) is 55.7 Å². The van der Waals surface area contributed by atoms with Crippen LogP contribution in [0.5, 0.6) is 0 Å². The van der Waals surface area contributed by atoms with Crippen LogP contribution in [0.15, 0.2) is 53.6 Å². The number of benzene rings is 2. The van der Waals surface area contributed by atoms with E-state index < -0.39 is 0 Å². The van der Waals surface area contributed by atoms with E-state index in [0.29, 0.717) is 12.1 Å². The summed E-state index contributed by atoms with van der Waals surface area (Å²) in [6, 6.07) is 13.7. The average Bonchev–Trinajstić information content (AvgIpc) is 3.14. The van der Waals surface area contributed by atoms with Crippen LogP contribution >= 0.6 is 0 Å². The minimum absolute atomic E-state index is 0.0179. The molecule has 0 aromatic heterocycles. The summed E-state index contributed by atoms with van der Waals surface area (Å²) >= 11 is 0. The second-order valence-electron chi connectivity index (χ2n) is 7.46.